The van der Waals surface area contributed by atoms with Crippen molar-refractivity contribution >= 4 is 166 Å². The molecule has 4 fully saturated rings. The summed E-state index contributed by atoms with van der Waals surface area (Å²) in [4.78, 5) is 139. The standard InChI is InChI=1S/C31H35BrN4O2.C28H28BrN3O4.C21H23BrN4O3.C19H21BrN4O2/c1-6-20(4)34-16-24(17-34)33-28(37)18-36-21(5)29(26-15-23(32)14-19(3)30(26)36)31(38)35-13-12-22-10-8-9-11-25(22)27(35)7-2;1-3-26(35)31-13-18(14-31)11-21(33)16-32-17(2)27(23-12-20(29)7-8-24(23)32)28(36)30-10-9-22-19(15-30)5-4-6-25(22)34;1-3-21(29)25-9-15(10-25)23-20(28)12-26-18-5-4-14(22)8-16(18)17-11-24(13(2)27)7-6-19(17)26;1-2-19(26)23-9-13(10-23)22-18(25)11-24-16-4-3-12(20)7-15(16)14-5-6-21-8-17(14)24/h6,8-11,14-15,24,27H,1,4,7,12-13,16-18H2,2-3,5H3,(H,33,37);3-8,12,18,34H,1,9-11,13-16H2,2H3;3-5,8,15H,1,6-7,9-12H2,2H3,(H,23,28);2-4,7,13,21H,1,5-6,8-11H2,(H,22,25). The third-order valence-electron chi connectivity index (χ3n) is 26.2. The van der Waals surface area contributed by atoms with E-state index in [9.17, 15) is 53.1 Å². The van der Waals surface area contributed by atoms with Crippen molar-refractivity contribution in [2.75, 3.05) is 78.5 Å². The van der Waals surface area contributed by atoms with Crippen molar-refractivity contribution in [1.29, 1.82) is 0 Å². The lowest BCUT2D eigenvalue weighted by molar-refractivity contribution is -0.134. The predicted octanol–water partition coefficient (Wildman–Crippen LogP) is 13.3. The van der Waals surface area contributed by atoms with E-state index in [4.69, 9.17) is 0 Å². The molecule has 5 N–H and O–H groups in total. The molecule has 0 bridgehead atoms. The molecule has 18 rings (SSSR count). The van der Waals surface area contributed by atoms with Gasteiger partial charge in [0.25, 0.3) is 11.8 Å². The van der Waals surface area contributed by atoms with Crippen LogP contribution in [0, 0.1) is 26.7 Å². The van der Waals surface area contributed by atoms with Crippen molar-refractivity contribution in [2.24, 2.45) is 5.92 Å². The molecule has 8 aliphatic rings. The number of allylic oxidation sites excluding steroid dienone is 1. The zero-order chi connectivity index (χ0) is 91.7. The van der Waals surface area contributed by atoms with Crippen LogP contribution in [0.15, 0.2) is 190 Å². The second-order valence-electron chi connectivity index (χ2n) is 34.4. The number of ketones is 1. The van der Waals surface area contributed by atoms with Crippen molar-refractivity contribution in [2.45, 2.75) is 143 Å². The summed E-state index contributed by atoms with van der Waals surface area (Å²) >= 11 is 14.2. The van der Waals surface area contributed by atoms with Crippen LogP contribution in [0.1, 0.15) is 115 Å². The van der Waals surface area contributed by atoms with E-state index in [0.29, 0.717) is 103 Å². The number of hydrogen-bond donors (Lipinski definition) is 5. The number of nitrogens with one attached hydrogen (secondary N) is 4. The molecule has 4 saturated heterocycles. The Kier molecular flexibility index (Phi) is 28.2. The van der Waals surface area contributed by atoms with E-state index in [1.54, 1.807) is 39.8 Å². The molecule has 10 aromatic rings. The number of benzene rings is 6. The Morgan fingerprint density at radius 2 is 0.992 bits per heavy atom. The van der Waals surface area contributed by atoms with Gasteiger partial charge >= 0.3 is 0 Å². The van der Waals surface area contributed by atoms with Gasteiger partial charge in [0.15, 0.2) is 5.78 Å². The lowest BCUT2D eigenvalue weighted by Crippen LogP contribution is -2.61. The van der Waals surface area contributed by atoms with Gasteiger partial charge in [-0.1, -0.05) is 140 Å². The number of aryl methyl sites for hydroxylation is 1. The van der Waals surface area contributed by atoms with Crippen LogP contribution < -0.4 is 21.3 Å². The van der Waals surface area contributed by atoms with Gasteiger partial charge in [-0.05, 0) is 178 Å². The number of fused-ring (bicyclic) bond motifs is 10. The lowest BCUT2D eigenvalue weighted by Gasteiger charge is -2.41. The van der Waals surface area contributed by atoms with E-state index in [1.165, 1.54) is 46.0 Å². The minimum atomic E-state index is -0.110. The van der Waals surface area contributed by atoms with E-state index >= 15 is 0 Å². The van der Waals surface area contributed by atoms with E-state index in [1.807, 2.05) is 99.2 Å². The highest BCUT2D eigenvalue weighted by atomic mass is 79.9. The molecule has 0 radical (unpaired) electrons. The maximum absolute atomic E-state index is 14.3. The van der Waals surface area contributed by atoms with Gasteiger partial charge in [0, 0.05) is 213 Å². The number of rotatable bonds is 21. The van der Waals surface area contributed by atoms with Gasteiger partial charge in [0.2, 0.25) is 41.4 Å². The number of likely N-dealkylation sites (tertiary alicyclic amines) is 4. The molecule has 672 valence electrons. The van der Waals surface area contributed by atoms with Crippen LogP contribution in [0.25, 0.3) is 43.6 Å². The van der Waals surface area contributed by atoms with Gasteiger partial charge < -0.3 is 78.9 Å². The predicted molar refractivity (Wildman–Crippen MR) is 514 cm³/mol. The normalized spacial score (nSPS) is 16.5. The Bertz CT molecular complexity index is 6250. The van der Waals surface area contributed by atoms with Gasteiger partial charge in [-0.3, -0.25) is 47.9 Å². The minimum Gasteiger partial charge on any atom is -0.508 e. The Morgan fingerprint density at radius 1 is 0.481 bits per heavy atom. The fourth-order valence-electron chi connectivity index (χ4n) is 19.5. The number of carbonyl (C=O) groups is 10. The molecule has 30 heteroatoms. The van der Waals surface area contributed by atoms with Gasteiger partial charge in [-0.2, -0.15) is 0 Å². The Hall–Kier alpha value is -11.4. The molecule has 6 aromatic carbocycles. The number of carbonyl (C=O) groups excluding carboxylic acids is 10. The molecule has 26 nitrogen and oxygen atoms in total. The monoisotopic (exact) mass is 2000 g/mol. The number of Topliss-reactive ketones (excluding diaryl/α,β-unsaturated/α-hetero) is 1. The molecule has 129 heavy (non-hydrogen) atoms. The van der Waals surface area contributed by atoms with E-state index in [2.05, 4.69) is 181 Å². The number of halogens is 4. The van der Waals surface area contributed by atoms with Crippen molar-refractivity contribution in [3.63, 3.8) is 0 Å². The van der Waals surface area contributed by atoms with E-state index in [-0.39, 0.29) is 114 Å². The second-order valence-corrected chi connectivity index (χ2v) is 38.1. The maximum atomic E-state index is 14.3. The summed E-state index contributed by atoms with van der Waals surface area (Å²) in [6.07, 6.45) is 10.0. The fourth-order valence-corrected chi connectivity index (χ4v) is 21.1. The summed E-state index contributed by atoms with van der Waals surface area (Å²) in [5.74, 6) is 0.0837. The topological polar surface area (TPSA) is 281 Å². The SMILES string of the molecule is C=CC(=C)N1CC(NC(=O)Cn2c(C)c(C(=O)N3CCc4ccccc4C3CC)c3cc(Br)cc(C)c32)C1.C=CC(=O)N1CC(CC(=O)Cn2c(C)c(C(=O)N3CCc4c(O)cccc4C3)c3cc(Br)ccc32)C1.C=CC(=O)N1CC(NC(=O)Cn2c3c(c4cc(Br)ccc42)CCNC3)C1.C=CC(=O)N1CC(NC(=O)Cn2c3c(c4cc(Br)ccc42)CN(C(C)=O)CC3)C1. The third-order valence-corrected chi connectivity index (χ3v) is 28.1. The van der Waals surface area contributed by atoms with Crippen LogP contribution >= 0.6 is 63.7 Å². The first-order valence-electron chi connectivity index (χ1n) is 43.7. The number of phenolic OH excluding ortho intramolecular Hbond substituents is 1. The molecule has 0 saturated carbocycles. The molecular formula is C99H107Br4N15O11. The van der Waals surface area contributed by atoms with Crippen LogP contribution in [0.4, 0.5) is 0 Å². The Morgan fingerprint density at radius 3 is 1.57 bits per heavy atom. The van der Waals surface area contributed by atoms with Crippen LogP contribution in [0.3, 0.4) is 0 Å². The van der Waals surface area contributed by atoms with Crippen LogP contribution in [0.5, 0.6) is 5.75 Å². The highest BCUT2D eigenvalue weighted by Gasteiger charge is 2.39. The first-order valence-corrected chi connectivity index (χ1v) is 46.9. The highest BCUT2D eigenvalue weighted by Crippen LogP contribution is 2.41. The van der Waals surface area contributed by atoms with Crippen molar-refractivity contribution < 1.29 is 53.1 Å². The zero-order valence-electron chi connectivity index (χ0n) is 73.3. The Balaban J connectivity index is 0.000000133. The van der Waals surface area contributed by atoms with Crippen LogP contribution in [-0.4, -0.2) is 213 Å². The van der Waals surface area contributed by atoms with Crippen LogP contribution in [0.2, 0.25) is 0 Å². The summed E-state index contributed by atoms with van der Waals surface area (Å²) in [5, 5.41) is 26.7. The van der Waals surface area contributed by atoms with Gasteiger partial charge in [0.1, 0.15) is 25.4 Å². The van der Waals surface area contributed by atoms with Crippen LogP contribution in [-0.2, 0) is 110 Å². The maximum Gasteiger partial charge on any atom is 0.256 e. The minimum absolute atomic E-state index is 0.0195. The van der Waals surface area contributed by atoms with E-state index in [0.717, 1.165) is 153 Å². The second kappa shape index (κ2) is 39.5. The molecule has 1 atom stereocenters. The molecule has 12 heterocycles. The number of phenols is 1. The molecule has 0 aliphatic carbocycles. The number of aromatic hydroxyl groups is 1. The molecule has 9 amide bonds. The Labute approximate surface area is 783 Å². The van der Waals surface area contributed by atoms with Crippen molar-refractivity contribution in [1.82, 2.24) is 73.8 Å². The molecule has 4 aromatic heterocycles. The fraction of sp³-hybridized carbons (Fsp3) is 0.354. The molecule has 8 aliphatic heterocycles. The zero-order valence-corrected chi connectivity index (χ0v) is 79.6. The summed E-state index contributed by atoms with van der Waals surface area (Å²) in [6, 6.07) is 36.1. The average Bonchev–Trinajstić information content (AvgIpc) is 1.60. The summed E-state index contributed by atoms with van der Waals surface area (Å²) < 4.78 is 11.9. The largest absolute Gasteiger partial charge is 0.508 e. The molecule has 0 spiro atoms. The van der Waals surface area contributed by atoms with Gasteiger partial charge in [-0.15, -0.1) is 0 Å². The summed E-state index contributed by atoms with van der Waals surface area (Å²) in [5.41, 5.74) is 17.8. The number of nitrogens with zero attached hydrogens (tertiary/aromatic N) is 11. The number of hydrogen-bond acceptors (Lipinski definition) is 13. The van der Waals surface area contributed by atoms with Crippen molar-refractivity contribution in [3.8, 4) is 5.75 Å². The molecule has 1 unspecified atom stereocenters. The van der Waals surface area contributed by atoms with Gasteiger partial charge in [0.05, 0.1) is 47.4 Å². The van der Waals surface area contributed by atoms with E-state index < -0.39 is 0 Å². The van der Waals surface area contributed by atoms with Crippen molar-refractivity contribution in [3.05, 3.63) is 263 Å². The third kappa shape index (κ3) is 19.4. The summed E-state index contributed by atoms with van der Waals surface area (Å²) in [6.45, 7) is 38.0. The first kappa shape index (κ1) is 92.3. The van der Waals surface area contributed by atoms with Gasteiger partial charge in [-0.25, -0.2) is 0 Å². The molecular weight excluding hydrogens is 1890 g/mol. The first-order chi connectivity index (χ1) is 61.9. The highest BCUT2D eigenvalue weighted by molar-refractivity contribution is 9.11. The summed E-state index contributed by atoms with van der Waals surface area (Å²) in [7, 11) is 0. The number of aromatic nitrogens is 4. The number of amides is 9. The lowest BCUT2D eigenvalue weighted by atomic mass is 9.90. The quantitative estimate of drug-likeness (QED) is 0.0331. The average molecular weight is 2000 g/mol. The smallest absolute Gasteiger partial charge is 0.256 e.